The summed E-state index contributed by atoms with van der Waals surface area (Å²) in [5.41, 5.74) is 1.11. The van der Waals surface area contributed by atoms with Crippen molar-refractivity contribution < 1.29 is 4.74 Å². The highest BCUT2D eigenvalue weighted by atomic mass is 127. The molecule has 28 heavy (non-hydrogen) atoms. The van der Waals surface area contributed by atoms with E-state index in [-0.39, 0.29) is 24.0 Å². The van der Waals surface area contributed by atoms with Gasteiger partial charge in [-0.25, -0.2) is 4.99 Å². The number of nitrogens with one attached hydrogen (secondary N) is 2. The molecule has 2 aromatic rings. The molecule has 0 atom stereocenters. The zero-order valence-electron chi connectivity index (χ0n) is 16.4. The van der Waals surface area contributed by atoms with Gasteiger partial charge >= 0.3 is 0 Å². The van der Waals surface area contributed by atoms with Crippen LogP contribution in [0.3, 0.4) is 0 Å². The van der Waals surface area contributed by atoms with Crippen LogP contribution in [0.5, 0.6) is 5.75 Å². The topological polar surface area (TPSA) is 76.4 Å². The number of ether oxygens (including phenoxy) is 1. The number of guanidine groups is 1. The minimum atomic E-state index is 0. The molecule has 1 aliphatic heterocycles. The molecule has 1 aliphatic carbocycles. The second-order valence-electron chi connectivity index (χ2n) is 7.20. The molecule has 0 bridgehead atoms. The van der Waals surface area contributed by atoms with E-state index in [1.165, 1.54) is 12.8 Å². The van der Waals surface area contributed by atoms with E-state index in [4.69, 9.17) is 9.73 Å². The van der Waals surface area contributed by atoms with E-state index in [0.29, 0.717) is 13.1 Å². The highest BCUT2D eigenvalue weighted by Gasteiger charge is 2.22. The molecule has 2 N–H and O–H groups in total. The predicted molar refractivity (Wildman–Crippen MR) is 120 cm³/mol. The maximum Gasteiger partial charge on any atom is 0.191 e. The Morgan fingerprint density at radius 1 is 1.25 bits per heavy atom. The molecule has 0 radical (unpaired) electrons. The number of aryl methyl sites for hydroxylation is 1. The molecule has 0 spiro atoms. The average molecular weight is 496 g/mol. The van der Waals surface area contributed by atoms with Crippen LogP contribution in [0.25, 0.3) is 0 Å². The zero-order chi connectivity index (χ0) is 18.5. The third kappa shape index (κ3) is 5.36. The maximum absolute atomic E-state index is 5.99. The van der Waals surface area contributed by atoms with Gasteiger partial charge in [-0.3, -0.25) is 0 Å². The van der Waals surface area contributed by atoms with Gasteiger partial charge in [0.05, 0.1) is 19.7 Å². The van der Waals surface area contributed by atoms with Gasteiger partial charge in [0, 0.05) is 25.1 Å². The van der Waals surface area contributed by atoms with Crippen LogP contribution in [0, 0.1) is 5.92 Å². The number of benzene rings is 1. The molecule has 7 nitrogen and oxygen atoms in total. The van der Waals surface area contributed by atoms with Gasteiger partial charge in [0.1, 0.15) is 11.6 Å². The number of rotatable bonds is 8. The highest BCUT2D eigenvalue weighted by molar-refractivity contribution is 14.0. The van der Waals surface area contributed by atoms with Crippen molar-refractivity contribution in [3.63, 3.8) is 0 Å². The first kappa shape index (κ1) is 20.9. The molecule has 0 amide bonds. The van der Waals surface area contributed by atoms with E-state index in [0.717, 1.165) is 67.4 Å². The van der Waals surface area contributed by atoms with E-state index in [9.17, 15) is 0 Å². The predicted octanol–water partition coefficient (Wildman–Crippen LogP) is 2.89. The molecular formula is C20H29IN6O. The summed E-state index contributed by atoms with van der Waals surface area (Å²) >= 11 is 0. The van der Waals surface area contributed by atoms with Gasteiger partial charge in [0.25, 0.3) is 0 Å². The lowest BCUT2D eigenvalue weighted by molar-refractivity contribution is 0.297. The number of hydrogen-bond donors (Lipinski definition) is 2. The lowest BCUT2D eigenvalue weighted by Gasteiger charge is -2.13. The second-order valence-corrected chi connectivity index (χ2v) is 7.20. The van der Waals surface area contributed by atoms with Crippen LogP contribution in [0.4, 0.5) is 0 Å². The Morgan fingerprint density at radius 3 is 2.93 bits per heavy atom. The van der Waals surface area contributed by atoms with Gasteiger partial charge in [-0.2, -0.15) is 0 Å². The Morgan fingerprint density at radius 2 is 2.11 bits per heavy atom. The van der Waals surface area contributed by atoms with Gasteiger partial charge < -0.3 is 19.9 Å². The van der Waals surface area contributed by atoms with Crippen molar-refractivity contribution in [2.24, 2.45) is 10.9 Å². The minimum absolute atomic E-state index is 0. The number of nitrogens with zero attached hydrogens (tertiary/aromatic N) is 4. The summed E-state index contributed by atoms with van der Waals surface area (Å²) in [5.74, 6) is 4.53. The molecule has 2 heterocycles. The lowest BCUT2D eigenvalue weighted by atomic mass is 10.2. The van der Waals surface area contributed by atoms with Crippen LogP contribution in [0.2, 0.25) is 0 Å². The van der Waals surface area contributed by atoms with Gasteiger partial charge in [-0.05, 0) is 38.2 Å². The monoisotopic (exact) mass is 496 g/mol. The minimum Gasteiger partial charge on any atom is -0.493 e. The molecule has 8 heteroatoms. The SMILES string of the molecule is CCNC(=NCc1ccccc1OCC1CC1)NCc1nnc2n1CCC2.I. The number of halogens is 1. The Labute approximate surface area is 183 Å². The summed E-state index contributed by atoms with van der Waals surface area (Å²) in [6, 6.07) is 8.17. The summed E-state index contributed by atoms with van der Waals surface area (Å²) in [6.07, 6.45) is 4.77. The van der Waals surface area contributed by atoms with Crippen LogP contribution in [0.15, 0.2) is 29.3 Å². The fourth-order valence-corrected chi connectivity index (χ4v) is 3.28. The summed E-state index contributed by atoms with van der Waals surface area (Å²) < 4.78 is 8.20. The van der Waals surface area contributed by atoms with Crippen molar-refractivity contribution in [1.29, 1.82) is 0 Å². The highest BCUT2D eigenvalue weighted by Crippen LogP contribution is 2.30. The van der Waals surface area contributed by atoms with E-state index in [2.05, 4.69) is 38.4 Å². The van der Waals surface area contributed by atoms with E-state index in [1.54, 1.807) is 0 Å². The van der Waals surface area contributed by atoms with E-state index < -0.39 is 0 Å². The van der Waals surface area contributed by atoms with Gasteiger partial charge in [-0.1, -0.05) is 18.2 Å². The largest absolute Gasteiger partial charge is 0.493 e. The average Bonchev–Trinajstić information content (AvgIpc) is 3.26. The summed E-state index contributed by atoms with van der Waals surface area (Å²) in [7, 11) is 0. The Kier molecular flexibility index (Phi) is 7.52. The van der Waals surface area contributed by atoms with Crippen LogP contribution in [-0.4, -0.2) is 33.9 Å². The molecule has 1 fully saturated rings. The first-order valence-corrected chi connectivity index (χ1v) is 9.97. The first-order valence-electron chi connectivity index (χ1n) is 9.97. The van der Waals surface area contributed by atoms with Gasteiger partial charge in [0.15, 0.2) is 11.8 Å². The third-order valence-electron chi connectivity index (χ3n) is 5.00. The van der Waals surface area contributed by atoms with Crippen LogP contribution in [-0.2, 0) is 26.1 Å². The summed E-state index contributed by atoms with van der Waals surface area (Å²) in [4.78, 5) is 4.74. The smallest absolute Gasteiger partial charge is 0.191 e. The number of fused-ring (bicyclic) bond motifs is 1. The number of hydrogen-bond acceptors (Lipinski definition) is 4. The number of para-hydroxylation sites is 1. The van der Waals surface area contributed by atoms with Crippen LogP contribution in [0.1, 0.15) is 43.4 Å². The quantitative estimate of drug-likeness (QED) is 0.334. The van der Waals surface area contributed by atoms with E-state index >= 15 is 0 Å². The number of aromatic nitrogens is 3. The Bertz CT molecular complexity index is 802. The lowest BCUT2D eigenvalue weighted by Crippen LogP contribution is -2.37. The summed E-state index contributed by atoms with van der Waals surface area (Å²) in [6.45, 7) is 5.91. The van der Waals surface area contributed by atoms with Crippen molar-refractivity contribution in [3.05, 3.63) is 41.5 Å². The van der Waals surface area contributed by atoms with Crippen molar-refractivity contribution in [3.8, 4) is 5.75 Å². The zero-order valence-corrected chi connectivity index (χ0v) is 18.7. The summed E-state index contributed by atoms with van der Waals surface area (Å²) in [5, 5.41) is 15.2. The maximum atomic E-state index is 5.99. The first-order chi connectivity index (χ1) is 13.3. The molecule has 4 rings (SSSR count). The molecule has 1 aromatic carbocycles. The fourth-order valence-electron chi connectivity index (χ4n) is 3.28. The van der Waals surface area contributed by atoms with Gasteiger partial charge in [0.2, 0.25) is 0 Å². The van der Waals surface area contributed by atoms with Gasteiger partial charge in [-0.15, -0.1) is 34.2 Å². The molecule has 0 unspecified atom stereocenters. The molecule has 0 saturated heterocycles. The standard InChI is InChI=1S/C20H28N6O.HI/c1-2-21-20(23-13-19-25-24-18-8-5-11-26(18)19)22-12-16-6-3-4-7-17(16)27-14-15-9-10-15;/h3-4,6-7,15H,2,5,8-14H2,1H3,(H2,21,22,23);1H. The molecule has 1 saturated carbocycles. The molecule has 2 aliphatic rings. The Hall–Kier alpha value is -1.84. The van der Waals surface area contributed by atoms with Crippen LogP contribution >= 0.6 is 24.0 Å². The molecule has 152 valence electrons. The van der Waals surface area contributed by atoms with Crippen molar-refractivity contribution in [2.75, 3.05) is 13.2 Å². The normalized spacial score (nSPS) is 15.7. The van der Waals surface area contributed by atoms with Crippen molar-refractivity contribution >= 4 is 29.9 Å². The molecule has 1 aromatic heterocycles. The van der Waals surface area contributed by atoms with E-state index in [1.807, 2.05) is 18.2 Å². The Balaban J connectivity index is 0.00000225. The molecular weight excluding hydrogens is 467 g/mol. The van der Waals surface area contributed by atoms with Crippen molar-refractivity contribution in [2.45, 2.75) is 52.2 Å². The van der Waals surface area contributed by atoms with Crippen molar-refractivity contribution in [1.82, 2.24) is 25.4 Å². The van der Waals surface area contributed by atoms with Crippen LogP contribution < -0.4 is 15.4 Å². The fraction of sp³-hybridized carbons (Fsp3) is 0.550. The number of aliphatic imine (C=N–C) groups is 1. The third-order valence-corrected chi connectivity index (χ3v) is 5.00. The second kappa shape index (κ2) is 10.1.